The van der Waals surface area contributed by atoms with Crippen molar-refractivity contribution in [1.29, 1.82) is 0 Å². The molecular weight excluding hydrogens is 435 g/mol. The third-order valence-corrected chi connectivity index (χ3v) is 5.80. The van der Waals surface area contributed by atoms with Gasteiger partial charge in [-0.3, -0.25) is 9.89 Å². The van der Waals surface area contributed by atoms with Crippen LogP contribution in [-0.4, -0.2) is 43.1 Å². The summed E-state index contributed by atoms with van der Waals surface area (Å²) in [5, 5.41) is 12.7. The first-order valence-corrected chi connectivity index (χ1v) is 10.5. The first kappa shape index (κ1) is 21.0. The molecule has 1 aliphatic rings. The van der Waals surface area contributed by atoms with E-state index in [1.165, 1.54) is 24.7 Å². The van der Waals surface area contributed by atoms with E-state index in [-0.39, 0.29) is 40.5 Å². The topological polar surface area (TPSA) is 111 Å². The number of nitrogens with one attached hydrogen (secondary N) is 4. The van der Waals surface area contributed by atoms with Crippen molar-refractivity contribution in [1.82, 2.24) is 30.5 Å². The first-order chi connectivity index (χ1) is 16.0. The monoisotopic (exact) mass is 455 g/mol. The van der Waals surface area contributed by atoms with Crippen LogP contribution in [0.5, 0.6) is 0 Å². The Balaban J connectivity index is 1.34. The fourth-order valence-corrected chi connectivity index (χ4v) is 4.23. The number of benzene rings is 1. The Kier molecular flexibility index (Phi) is 5.45. The van der Waals surface area contributed by atoms with Crippen LogP contribution in [0.15, 0.2) is 36.9 Å². The van der Waals surface area contributed by atoms with E-state index in [1.807, 2.05) is 0 Å². The standard InChI is InChI=1S/C22H20F3N7O/c23-12-4-15-16(9-26-19(15)17(24)5-12)20-27-10-18(25)21(32-20)30-13-2-1-3-14(6-13)31-22(33)11-7-28-29-8-11/h4-5,7-10,13-14,26H,1-3,6H2,(H,28,29)(H,31,33)(H,27,30,32)/t13-,14?/m0/s1. The van der Waals surface area contributed by atoms with E-state index in [2.05, 4.69) is 35.8 Å². The zero-order valence-corrected chi connectivity index (χ0v) is 17.3. The van der Waals surface area contributed by atoms with Gasteiger partial charge in [0.25, 0.3) is 5.91 Å². The third-order valence-electron chi connectivity index (χ3n) is 5.80. The molecule has 1 aliphatic carbocycles. The Labute approximate surface area is 186 Å². The lowest BCUT2D eigenvalue weighted by Crippen LogP contribution is -2.41. The molecule has 1 amide bonds. The van der Waals surface area contributed by atoms with Gasteiger partial charge < -0.3 is 15.6 Å². The van der Waals surface area contributed by atoms with Crippen LogP contribution >= 0.6 is 0 Å². The number of anilines is 1. The second kappa shape index (κ2) is 8.57. The van der Waals surface area contributed by atoms with Gasteiger partial charge in [0.05, 0.1) is 23.5 Å². The van der Waals surface area contributed by atoms with Crippen molar-refractivity contribution in [3.63, 3.8) is 0 Å². The molecule has 1 fully saturated rings. The van der Waals surface area contributed by atoms with Gasteiger partial charge >= 0.3 is 0 Å². The number of carbonyl (C=O) groups is 1. The summed E-state index contributed by atoms with van der Waals surface area (Å²) >= 11 is 0. The van der Waals surface area contributed by atoms with Crippen LogP contribution in [0.4, 0.5) is 19.0 Å². The summed E-state index contributed by atoms with van der Waals surface area (Å²) in [6, 6.07) is 1.76. The molecule has 4 aromatic rings. The van der Waals surface area contributed by atoms with Crippen molar-refractivity contribution < 1.29 is 18.0 Å². The van der Waals surface area contributed by atoms with Gasteiger partial charge in [-0.05, 0) is 31.7 Å². The van der Waals surface area contributed by atoms with E-state index in [1.54, 1.807) is 0 Å². The number of H-pyrrole nitrogens is 2. The van der Waals surface area contributed by atoms with Gasteiger partial charge in [-0.25, -0.2) is 23.1 Å². The normalized spacial score (nSPS) is 18.4. The summed E-state index contributed by atoms with van der Waals surface area (Å²) in [5.74, 6) is -2.19. The number of halogens is 3. The lowest BCUT2D eigenvalue weighted by atomic mass is 9.90. The van der Waals surface area contributed by atoms with Crippen molar-refractivity contribution in [2.45, 2.75) is 37.8 Å². The second-order valence-electron chi connectivity index (χ2n) is 8.07. The molecule has 5 rings (SSSR count). The molecule has 4 N–H and O–H groups in total. The van der Waals surface area contributed by atoms with Gasteiger partial charge in [0.15, 0.2) is 17.5 Å². The predicted molar refractivity (Wildman–Crippen MR) is 115 cm³/mol. The number of hydrogen-bond donors (Lipinski definition) is 4. The summed E-state index contributed by atoms with van der Waals surface area (Å²) in [7, 11) is 0. The summed E-state index contributed by atoms with van der Waals surface area (Å²) in [5.41, 5.74) is 0.931. The van der Waals surface area contributed by atoms with E-state index in [0.29, 0.717) is 17.5 Å². The highest BCUT2D eigenvalue weighted by Gasteiger charge is 2.25. The predicted octanol–water partition coefficient (Wildman–Crippen LogP) is 3.92. The molecule has 0 saturated heterocycles. The molecule has 2 atom stereocenters. The number of fused-ring (bicyclic) bond motifs is 1. The van der Waals surface area contributed by atoms with Gasteiger partial charge in [0, 0.05) is 41.5 Å². The molecule has 0 aliphatic heterocycles. The van der Waals surface area contributed by atoms with Gasteiger partial charge in [0.2, 0.25) is 0 Å². The van der Waals surface area contributed by atoms with Gasteiger partial charge in [-0.1, -0.05) is 0 Å². The van der Waals surface area contributed by atoms with Crippen molar-refractivity contribution in [2.75, 3.05) is 5.32 Å². The molecule has 3 aromatic heterocycles. The number of carbonyl (C=O) groups excluding carboxylic acids is 1. The Morgan fingerprint density at radius 2 is 1.91 bits per heavy atom. The number of amides is 1. The highest BCUT2D eigenvalue weighted by Crippen LogP contribution is 2.30. The molecule has 8 nitrogen and oxygen atoms in total. The van der Waals surface area contributed by atoms with Crippen LogP contribution in [0.3, 0.4) is 0 Å². The van der Waals surface area contributed by atoms with Crippen LogP contribution in [-0.2, 0) is 0 Å². The van der Waals surface area contributed by atoms with Crippen molar-refractivity contribution in [3.05, 3.63) is 59.9 Å². The number of nitrogens with zero attached hydrogens (tertiary/aromatic N) is 3. The average Bonchev–Trinajstić information content (AvgIpc) is 3.46. The smallest absolute Gasteiger partial charge is 0.254 e. The number of hydrogen-bond acceptors (Lipinski definition) is 5. The van der Waals surface area contributed by atoms with E-state index < -0.39 is 17.5 Å². The second-order valence-corrected chi connectivity index (χ2v) is 8.07. The molecule has 11 heteroatoms. The number of aromatic nitrogens is 5. The zero-order valence-electron chi connectivity index (χ0n) is 17.3. The summed E-state index contributed by atoms with van der Waals surface area (Å²) in [6.45, 7) is 0. The van der Waals surface area contributed by atoms with Crippen molar-refractivity contribution in [3.8, 4) is 11.4 Å². The summed E-state index contributed by atoms with van der Waals surface area (Å²) in [4.78, 5) is 23.3. The Morgan fingerprint density at radius 1 is 1.06 bits per heavy atom. The molecular formula is C22H20F3N7O. The molecule has 33 heavy (non-hydrogen) atoms. The van der Waals surface area contributed by atoms with Crippen LogP contribution in [0.2, 0.25) is 0 Å². The number of aromatic amines is 2. The lowest BCUT2D eigenvalue weighted by molar-refractivity contribution is 0.0926. The maximum Gasteiger partial charge on any atom is 0.254 e. The lowest BCUT2D eigenvalue weighted by Gasteiger charge is -2.30. The molecule has 0 radical (unpaired) electrons. The van der Waals surface area contributed by atoms with E-state index in [0.717, 1.165) is 31.5 Å². The quantitative estimate of drug-likeness (QED) is 0.365. The first-order valence-electron chi connectivity index (χ1n) is 10.5. The largest absolute Gasteiger partial charge is 0.365 e. The SMILES string of the molecule is O=C(NC1CCC[C@H](Nc2nc(-c3c[nH]c4c(F)cc(F)cc34)ncc2F)C1)c1cn[nH]c1. The highest BCUT2D eigenvalue weighted by atomic mass is 19.1. The van der Waals surface area contributed by atoms with Crippen LogP contribution in [0, 0.1) is 17.5 Å². The van der Waals surface area contributed by atoms with Gasteiger partial charge in [-0.15, -0.1) is 0 Å². The van der Waals surface area contributed by atoms with E-state index in [4.69, 9.17) is 0 Å². The molecule has 1 saturated carbocycles. The molecule has 0 spiro atoms. The van der Waals surface area contributed by atoms with Crippen molar-refractivity contribution >= 4 is 22.6 Å². The Bertz CT molecular complexity index is 1310. The zero-order chi connectivity index (χ0) is 22.9. The average molecular weight is 455 g/mol. The molecule has 1 unspecified atom stereocenters. The molecule has 0 bridgehead atoms. The minimum Gasteiger partial charge on any atom is -0.365 e. The van der Waals surface area contributed by atoms with E-state index >= 15 is 0 Å². The van der Waals surface area contributed by atoms with Crippen LogP contribution in [0.25, 0.3) is 22.3 Å². The van der Waals surface area contributed by atoms with Gasteiger partial charge in [0.1, 0.15) is 11.6 Å². The van der Waals surface area contributed by atoms with Crippen LogP contribution in [0.1, 0.15) is 36.0 Å². The minimum absolute atomic E-state index is 0.00182. The third kappa shape index (κ3) is 4.26. The van der Waals surface area contributed by atoms with Crippen molar-refractivity contribution in [2.24, 2.45) is 0 Å². The van der Waals surface area contributed by atoms with E-state index in [9.17, 15) is 18.0 Å². The molecule has 170 valence electrons. The fourth-order valence-electron chi connectivity index (χ4n) is 4.23. The summed E-state index contributed by atoms with van der Waals surface area (Å²) < 4.78 is 42.3. The Morgan fingerprint density at radius 3 is 2.73 bits per heavy atom. The molecule has 1 aromatic carbocycles. The maximum atomic E-state index is 14.5. The fraction of sp³-hybridized carbons (Fsp3) is 0.273. The number of rotatable bonds is 5. The summed E-state index contributed by atoms with van der Waals surface area (Å²) in [6.07, 6.45) is 8.49. The van der Waals surface area contributed by atoms with Gasteiger partial charge in [-0.2, -0.15) is 5.10 Å². The highest BCUT2D eigenvalue weighted by molar-refractivity contribution is 5.94. The molecule has 3 heterocycles. The minimum atomic E-state index is -0.734. The van der Waals surface area contributed by atoms with Crippen LogP contribution < -0.4 is 10.6 Å². The Hall–Kier alpha value is -3.89. The maximum absolute atomic E-state index is 14.5.